The second kappa shape index (κ2) is 5.33. The minimum atomic E-state index is -4.60. The molecule has 0 N–H and O–H groups in total. The molecule has 9 heteroatoms. The van der Waals surface area contributed by atoms with E-state index in [9.17, 15) is 26.4 Å². The van der Waals surface area contributed by atoms with E-state index in [-0.39, 0.29) is 4.31 Å². The second-order valence-corrected chi connectivity index (χ2v) is 6.75. The first-order chi connectivity index (χ1) is 7.75. The summed E-state index contributed by atoms with van der Waals surface area (Å²) in [5, 5.41) is 0. The van der Waals surface area contributed by atoms with E-state index in [1.54, 1.807) is 0 Å². The van der Waals surface area contributed by atoms with Crippen molar-refractivity contribution >= 4 is 16.1 Å². The molecule has 0 fully saturated rings. The third-order valence-electron chi connectivity index (χ3n) is 1.71. The fourth-order valence-electron chi connectivity index (χ4n) is 0.821. The number of carbonyl (C=O) groups is 1. The van der Waals surface area contributed by atoms with Gasteiger partial charge in [0.25, 0.3) is 0 Å². The van der Waals surface area contributed by atoms with Gasteiger partial charge in [0.15, 0.2) is 0 Å². The van der Waals surface area contributed by atoms with Crippen molar-refractivity contribution in [3.05, 3.63) is 0 Å². The normalized spacial score (nSPS) is 13.3. The van der Waals surface area contributed by atoms with Crippen molar-refractivity contribution in [3.8, 4) is 0 Å². The van der Waals surface area contributed by atoms with Gasteiger partial charge >= 0.3 is 12.3 Å². The van der Waals surface area contributed by atoms with E-state index in [1.165, 1.54) is 20.8 Å². The van der Waals surface area contributed by atoms with Crippen LogP contribution in [0.4, 0.5) is 18.0 Å². The molecule has 5 nitrogen and oxygen atoms in total. The Bertz CT molecular complexity index is 397. The summed E-state index contributed by atoms with van der Waals surface area (Å²) in [7, 11) is -3.47. The minimum absolute atomic E-state index is 0.185. The molecule has 0 aromatic rings. The van der Waals surface area contributed by atoms with E-state index in [1.807, 2.05) is 0 Å². The first kappa shape index (κ1) is 17.0. The standard InChI is InChI=1S/C9H16F3NO4S/c1-8(2,3)17-7(14)13(4)18(15,16)6-5-9(10,11)12/h5-6H2,1-4H3. The van der Waals surface area contributed by atoms with Gasteiger partial charge in [-0.25, -0.2) is 17.5 Å². The van der Waals surface area contributed by atoms with Gasteiger partial charge in [-0.3, -0.25) is 0 Å². The van der Waals surface area contributed by atoms with Crippen LogP contribution in [0.2, 0.25) is 0 Å². The molecule has 0 saturated heterocycles. The van der Waals surface area contributed by atoms with Gasteiger partial charge in [-0.2, -0.15) is 13.2 Å². The topological polar surface area (TPSA) is 63.7 Å². The highest BCUT2D eigenvalue weighted by atomic mass is 32.2. The zero-order valence-electron chi connectivity index (χ0n) is 10.5. The first-order valence-corrected chi connectivity index (χ1v) is 6.62. The predicted octanol–water partition coefficient (Wildman–Crippen LogP) is 2.14. The third kappa shape index (κ3) is 6.67. The Balaban J connectivity index is 4.67. The molecule has 0 spiro atoms. The van der Waals surface area contributed by atoms with E-state index in [0.29, 0.717) is 0 Å². The average molecular weight is 291 g/mol. The van der Waals surface area contributed by atoms with Crippen LogP contribution in [0, 0.1) is 0 Å². The number of amides is 1. The number of hydrogen-bond donors (Lipinski definition) is 0. The van der Waals surface area contributed by atoms with Crippen molar-refractivity contribution in [2.45, 2.75) is 39.0 Å². The summed E-state index contributed by atoms with van der Waals surface area (Å²) in [4.78, 5) is 11.4. The molecule has 1 amide bonds. The lowest BCUT2D eigenvalue weighted by atomic mass is 10.2. The number of rotatable bonds is 3. The molecule has 0 saturated carbocycles. The molecule has 0 heterocycles. The van der Waals surface area contributed by atoms with Crippen molar-refractivity contribution in [2.24, 2.45) is 0 Å². The Morgan fingerprint density at radius 2 is 1.67 bits per heavy atom. The van der Waals surface area contributed by atoms with Crippen molar-refractivity contribution < 1.29 is 31.1 Å². The highest BCUT2D eigenvalue weighted by molar-refractivity contribution is 7.89. The Hall–Kier alpha value is -0.990. The van der Waals surface area contributed by atoms with Gasteiger partial charge in [0.1, 0.15) is 5.60 Å². The van der Waals surface area contributed by atoms with E-state index in [0.717, 1.165) is 7.05 Å². The van der Waals surface area contributed by atoms with Crippen molar-refractivity contribution in [1.29, 1.82) is 0 Å². The highest BCUT2D eigenvalue weighted by Gasteiger charge is 2.34. The molecule has 0 atom stereocenters. The third-order valence-corrected chi connectivity index (χ3v) is 3.41. The van der Waals surface area contributed by atoms with Crippen LogP contribution in [0.25, 0.3) is 0 Å². The molecule has 0 bridgehead atoms. The van der Waals surface area contributed by atoms with Gasteiger partial charge < -0.3 is 4.74 Å². The first-order valence-electron chi connectivity index (χ1n) is 5.01. The molecule has 0 radical (unpaired) electrons. The summed E-state index contributed by atoms with van der Waals surface area (Å²) in [6.45, 7) is 4.54. The fourth-order valence-corrected chi connectivity index (χ4v) is 1.85. The maximum absolute atomic E-state index is 11.9. The summed E-state index contributed by atoms with van der Waals surface area (Å²) in [5.74, 6) is -1.19. The monoisotopic (exact) mass is 291 g/mol. The zero-order valence-corrected chi connectivity index (χ0v) is 11.4. The molecule has 0 aromatic carbocycles. The lowest BCUT2D eigenvalue weighted by Gasteiger charge is -2.24. The largest absolute Gasteiger partial charge is 0.443 e. The number of halogens is 3. The molecule has 0 unspecified atom stereocenters. The fraction of sp³-hybridized carbons (Fsp3) is 0.889. The average Bonchev–Trinajstić information content (AvgIpc) is 2.10. The minimum Gasteiger partial charge on any atom is -0.443 e. The number of alkyl halides is 3. The molecule has 108 valence electrons. The molecule has 0 aromatic heterocycles. The molecular formula is C9H16F3NO4S. The van der Waals surface area contributed by atoms with E-state index >= 15 is 0 Å². The molecule has 0 aliphatic rings. The van der Waals surface area contributed by atoms with Gasteiger partial charge in [-0.1, -0.05) is 0 Å². The number of carbonyl (C=O) groups excluding carboxylic acids is 1. The van der Waals surface area contributed by atoms with E-state index in [4.69, 9.17) is 4.74 Å². The van der Waals surface area contributed by atoms with Crippen LogP contribution in [0.5, 0.6) is 0 Å². The van der Waals surface area contributed by atoms with E-state index in [2.05, 4.69) is 0 Å². The van der Waals surface area contributed by atoms with Gasteiger partial charge in [0.05, 0.1) is 12.2 Å². The Labute approximate surface area is 104 Å². The van der Waals surface area contributed by atoms with Crippen molar-refractivity contribution in [2.75, 3.05) is 12.8 Å². The SMILES string of the molecule is CN(C(=O)OC(C)(C)C)S(=O)(=O)CCC(F)(F)F. The Morgan fingerprint density at radius 3 is 2.00 bits per heavy atom. The summed E-state index contributed by atoms with van der Waals surface area (Å²) in [6, 6.07) is 0. The summed E-state index contributed by atoms with van der Waals surface area (Å²) >= 11 is 0. The van der Waals surface area contributed by atoms with Crippen LogP contribution in [0.15, 0.2) is 0 Å². The quantitative estimate of drug-likeness (QED) is 0.799. The van der Waals surface area contributed by atoms with Crippen LogP contribution in [-0.4, -0.2) is 43.4 Å². The molecule has 0 aliphatic heterocycles. The Morgan fingerprint density at radius 1 is 1.22 bits per heavy atom. The van der Waals surface area contributed by atoms with Gasteiger partial charge in [-0.05, 0) is 20.8 Å². The summed E-state index contributed by atoms with van der Waals surface area (Å²) < 4.78 is 63.6. The second-order valence-electron chi connectivity index (χ2n) is 4.63. The molecule has 18 heavy (non-hydrogen) atoms. The van der Waals surface area contributed by atoms with Gasteiger partial charge in [0, 0.05) is 7.05 Å². The number of ether oxygens (including phenoxy) is 1. The summed E-state index contributed by atoms with van der Waals surface area (Å²) in [5.41, 5.74) is -0.926. The van der Waals surface area contributed by atoms with Crippen LogP contribution >= 0.6 is 0 Å². The van der Waals surface area contributed by atoms with Crippen LogP contribution in [0.3, 0.4) is 0 Å². The highest BCUT2D eigenvalue weighted by Crippen LogP contribution is 2.21. The van der Waals surface area contributed by atoms with Crippen LogP contribution < -0.4 is 0 Å². The number of sulfonamides is 1. The lowest BCUT2D eigenvalue weighted by Crippen LogP contribution is -2.39. The predicted molar refractivity (Wildman–Crippen MR) is 58.5 cm³/mol. The van der Waals surface area contributed by atoms with E-state index < -0.39 is 40.1 Å². The maximum Gasteiger partial charge on any atom is 0.423 e. The summed E-state index contributed by atoms with van der Waals surface area (Å²) in [6.07, 6.45) is -7.31. The maximum atomic E-state index is 11.9. The lowest BCUT2D eigenvalue weighted by molar-refractivity contribution is -0.130. The van der Waals surface area contributed by atoms with Gasteiger partial charge in [0.2, 0.25) is 10.0 Å². The number of nitrogens with zero attached hydrogens (tertiary/aromatic N) is 1. The van der Waals surface area contributed by atoms with Crippen LogP contribution in [0.1, 0.15) is 27.2 Å². The van der Waals surface area contributed by atoms with Crippen LogP contribution in [-0.2, 0) is 14.8 Å². The van der Waals surface area contributed by atoms with Crippen molar-refractivity contribution in [3.63, 3.8) is 0 Å². The molecule has 0 aliphatic carbocycles. The Kier molecular flexibility index (Phi) is 5.04. The zero-order chi connectivity index (χ0) is 14.8. The van der Waals surface area contributed by atoms with Crippen molar-refractivity contribution in [1.82, 2.24) is 4.31 Å². The number of hydrogen-bond acceptors (Lipinski definition) is 4. The molecular weight excluding hydrogens is 275 g/mol. The molecule has 0 rings (SSSR count). The smallest absolute Gasteiger partial charge is 0.423 e. The van der Waals surface area contributed by atoms with Gasteiger partial charge in [-0.15, -0.1) is 0 Å².